The van der Waals surface area contributed by atoms with Crippen molar-refractivity contribution in [2.24, 2.45) is 0 Å². The smallest absolute Gasteiger partial charge is 0.420 e. The number of nitrogens with zero attached hydrogens (tertiary/aromatic N) is 4. The van der Waals surface area contributed by atoms with E-state index < -0.39 is 39.0 Å². The van der Waals surface area contributed by atoms with Crippen molar-refractivity contribution in [3.05, 3.63) is 83.2 Å². The monoisotopic (exact) mass is 759 g/mol. The maximum Gasteiger partial charge on any atom is 0.420 e. The normalized spacial score (nSPS) is 13.6. The summed E-state index contributed by atoms with van der Waals surface area (Å²) in [6.07, 6.45) is 2.83. The van der Waals surface area contributed by atoms with Gasteiger partial charge in [0.05, 0.1) is 25.0 Å². The molecule has 1 aliphatic rings. The van der Waals surface area contributed by atoms with Crippen molar-refractivity contribution in [2.75, 3.05) is 17.6 Å². The van der Waals surface area contributed by atoms with Gasteiger partial charge in [0.15, 0.2) is 5.75 Å². The molecule has 0 atom stereocenters. The van der Waals surface area contributed by atoms with Crippen molar-refractivity contribution >= 4 is 38.8 Å². The van der Waals surface area contributed by atoms with Crippen LogP contribution in [-0.4, -0.2) is 63.9 Å². The van der Waals surface area contributed by atoms with Crippen LogP contribution in [0.15, 0.2) is 54.7 Å². The number of hydrogen-bond acceptors (Lipinski definition) is 9. The van der Waals surface area contributed by atoms with Gasteiger partial charge in [0.1, 0.15) is 28.4 Å². The van der Waals surface area contributed by atoms with E-state index in [1.165, 1.54) is 19.2 Å². The van der Waals surface area contributed by atoms with Crippen LogP contribution < -0.4 is 9.46 Å². The van der Waals surface area contributed by atoms with Crippen molar-refractivity contribution in [1.82, 2.24) is 19.3 Å². The molecule has 1 saturated carbocycles. The number of carbonyl (C=O) groups is 2. The third-order valence-corrected chi connectivity index (χ3v) is 9.91. The van der Waals surface area contributed by atoms with Gasteiger partial charge in [-0.15, -0.1) is 0 Å². The second-order valence-corrected chi connectivity index (χ2v) is 17.4. The summed E-state index contributed by atoms with van der Waals surface area (Å²) in [6, 6.07) is 13.3. The highest BCUT2D eigenvalue weighted by Gasteiger charge is 2.38. The zero-order valence-electron chi connectivity index (χ0n) is 32.0. The van der Waals surface area contributed by atoms with Gasteiger partial charge in [0, 0.05) is 45.6 Å². The molecule has 1 fully saturated rings. The summed E-state index contributed by atoms with van der Waals surface area (Å²) in [7, 11) is -2.77. The number of aromatic nitrogens is 4. The maximum absolute atomic E-state index is 14.1. The van der Waals surface area contributed by atoms with Gasteiger partial charge in [0.25, 0.3) is 0 Å². The first kappa shape index (κ1) is 38.5. The number of hydrogen-bond donors (Lipinski definition) is 1. The van der Waals surface area contributed by atoms with Crippen LogP contribution in [0.2, 0.25) is 0 Å². The second kappa shape index (κ2) is 14.2. The van der Waals surface area contributed by atoms with E-state index in [2.05, 4.69) is 4.72 Å². The Morgan fingerprint density at radius 2 is 1.65 bits per heavy atom. The van der Waals surface area contributed by atoms with Gasteiger partial charge >= 0.3 is 12.1 Å². The first-order valence-electron chi connectivity index (χ1n) is 17.7. The molecule has 0 unspecified atom stereocenters. The minimum absolute atomic E-state index is 0.0718. The van der Waals surface area contributed by atoms with Crippen molar-refractivity contribution in [1.29, 1.82) is 0 Å². The van der Waals surface area contributed by atoms with E-state index in [0.717, 1.165) is 46.6 Å². The lowest BCUT2D eigenvalue weighted by molar-refractivity contribution is -0.151. The topological polar surface area (TPSA) is 144 Å². The largest absolute Gasteiger partial charge is 0.495 e. The highest BCUT2D eigenvalue weighted by atomic mass is 32.2. The molecule has 5 aromatic rings. The number of aryl methyl sites for hydroxylation is 1. The summed E-state index contributed by atoms with van der Waals surface area (Å²) in [4.78, 5) is 31.3. The molecule has 12 nitrogen and oxygen atoms in total. The summed E-state index contributed by atoms with van der Waals surface area (Å²) >= 11 is 0. The first-order valence-corrected chi connectivity index (χ1v) is 19.4. The van der Waals surface area contributed by atoms with Crippen LogP contribution >= 0.6 is 0 Å². The lowest BCUT2D eigenvalue weighted by atomic mass is 9.97. The van der Waals surface area contributed by atoms with Crippen molar-refractivity contribution in [3.8, 4) is 28.0 Å². The molecule has 286 valence electrons. The third-order valence-electron chi connectivity index (χ3n) is 8.76. The molecular weight excluding hydrogens is 714 g/mol. The quantitative estimate of drug-likeness (QED) is 0.140. The van der Waals surface area contributed by atoms with Gasteiger partial charge in [-0.2, -0.15) is 5.10 Å². The van der Waals surface area contributed by atoms with Crippen LogP contribution in [0.4, 0.5) is 14.9 Å². The fourth-order valence-corrected chi connectivity index (χ4v) is 7.49. The summed E-state index contributed by atoms with van der Waals surface area (Å²) in [5.74, 6) is -1.80. The predicted octanol–water partition coefficient (Wildman–Crippen LogP) is 8.12. The van der Waals surface area contributed by atoms with E-state index in [1.54, 1.807) is 55.8 Å². The highest BCUT2D eigenvalue weighted by Crippen LogP contribution is 2.50. The molecule has 0 bridgehead atoms. The number of ether oxygens (including phenoxy) is 3. The zero-order valence-corrected chi connectivity index (χ0v) is 32.9. The average molecular weight is 760 g/mol. The molecule has 1 N–H and O–H groups in total. The molecule has 3 aromatic heterocycles. The lowest BCUT2D eigenvalue weighted by Crippen LogP contribution is -2.30. The number of benzene rings is 2. The van der Waals surface area contributed by atoms with Gasteiger partial charge in [0.2, 0.25) is 10.0 Å². The van der Waals surface area contributed by atoms with Gasteiger partial charge in [-0.25, -0.2) is 27.2 Å². The second-order valence-electron chi connectivity index (χ2n) is 15.6. The van der Waals surface area contributed by atoms with E-state index in [-0.39, 0.29) is 23.2 Å². The number of anilines is 1. The van der Waals surface area contributed by atoms with Crippen LogP contribution in [0.3, 0.4) is 0 Å². The summed E-state index contributed by atoms with van der Waals surface area (Å²) < 4.78 is 62.8. The van der Waals surface area contributed by atoms with Crippen molar-refractivity contribution in [3.63, 3.8) is 0 Å². The Kier molecular flexibility index (Phi) is 10.1. The Morgan fingerprint density at radius 1 is 0.944 bits per heavy atom. The number of rotatable bonds is 10. The van der Waals surface area contributed by atoms with E-state index >= 15 is 0 Å². The number of pyridine rings is 1. The molecule has 0 amide bonds. The first-order chi connectivity index (χ1) is 25.2. The Hall–Kier alpha value is -5.24. The summed E-state index contributed by atoms with van der Waals surface area (Å²) in [5, 5.41) is 5.55. The highest BCUT2D eigenvalue weighted by molar-refractivity contribution is 7.93. The Bertz CT molecular complexity index is 2380. The van der Waals surface area contributed by atoms with Gasteiger partial charge in [-0.05, 0) is 110 Å². The molecule has 1 aliphatic carbocycles. The summed E-state index contributed by atoms with van der Waals surface area (Å²) in [5.41, 5.74) is 4.87. The van der Waals surface area contributed by atoms with Crippen molar-refractivity contribution < 1.29 is 36.6 Å². The Balaban J connectivity index is 1.50. The van der Waals surface area contributed by atoms with Crippen LogP contribution in [0.5, 0.6) is 5.75 Å². The minimum atomic E-state index is -4.18. The van der Waals surface area contributed by atoms with Crippen LogP contribution in [0, 0.1) is 19.7 Å². The van der Waals surface area contributed by atoms with Gasteiger partial charge in [-0.1, -0.05) is 18.2 Å². The minimum Gasteiger partial charge on any atom is -0.495 e. The molecule has 0 spiro atoms. The van der Waals surface area contributed by atoms with Crippen molar-refractivity contribution in [2.45, 2.75) is 91.9 Å². The van der Waals surface area contributed by atoms with E-state index in [0.29, 0.717) is 28.7 Å². The van der Waals surface area contributed by atoms with Crippen LogP contribution in [0.25, 0.3) is 33.3 Å². The number of nitrogens with one attached hydrogen (secondary N) is 1. The fraction of sp³-hybridized carbons (Fsp3) is 0.400. The third kappa shape index (κ3) is 8.43. The van der Waals surface area contributed by atoms with Gasteiger partial charge < -0.3 is 14.2 Å². The van der Waals surface area contributed by atoms with Crippen LogP contribution in [0.1, 0.15) is 82.9 Å². The van der Waals surface area contributed by atoms with Crippen LogP contribution in [-0.2, 0) is 30.8 Å². The van der Waals surface area contributed by atoms with Gasteiger partial charge in [-0.3, -0.25) is 14.2 Å². The molecule has 54 heavy (non-hydrogen) atoms. The fourth-order valence-electron chi connectivity index (χ4n) is 6.56. The van der Waals surface area contributed by atoms with E-state index in [9.17, 15) is 22.4 Å². The van der Waals surface area contributed by atoms with E-state index in [1.807, 2.05) is 51.4 Å². The number of esters is 1. The molecule has 6 rings (SSSR count). The number of fused-ring (bicyclic) bond motifs is 1. The number of methoxy groups -OCH3 is 1. The Morgan fingerprint density at radius 3 is 2.28 bits per heavy atom. The number of sulfonamides is 1. The Labute approximate surface area is 314 Å². The summed E-state index contributed by atoms with van der Waals surface area (Å²) in [6.45, 7) is 14.6. The molecule has 0 aliphatic heterocycles. The number of carbonyl (C=O) groups excluding carboxylic acids is 2. The van der Waals surface area contributed by atoms with E-state index in [4.69, 9.17) is 24.3 Å². The standard InChI is InChI=1S/C40H46FN5O7S/c1-23-34(24(2)45(43-23)21-25-11-10-12-29(41)17-25)35-30-18-28(20-42-37(30)46(36(35)26-13-14-26)38(48)53-40(6,7)8)27-15-16-32(51-9)31(19-27)44-54(49,50)22-33(47)52-39(3,4)5/h10-12,15-20,26,44H,13-14,21-22H2,1-9H3. The maximum atomic E-state index is 14.1. The molecule has 0 radical (unpaired) electrons. The SMILES string of the molecule is COc1ccc(-c2cnc3c(c2)c(-c2c(C)nn(Cc4cccc(F)c4)c2C)c(C2CC2)n3C(=O)OC(C)(C)C)cc1NS(=O)(=O)CC(=O)OC(C)(C)C. The number of halogens is 1. The average Bonchev–Trinajstić information content (AvgIpc) is 3.78. The zero-order chi connectivity index (χ0) is 39.3. The molecule has 0 saturated heterocycles. The molecule has 3 heterocycles. The lowest BCUT2D eigenvalue weighted by Gasteiger charge is -2.21. The predicted molar refractivity (Wildman–Crippen MR) is 205 cm³/mol. The molecule has 2 aromatic carbocycles. The molecular formula is C40H46FN5O7S. The molecule has 14 heteroatoms.